The summed E-state index contributed by atoms with van der Waals surface area (Å²) in [6.07, 6.45) is -0.956. The van der Waals surface area contributed by atoms with Crippen molar-refractivity contribution in [1.82, 2.24) is 0 Å². The number of amides is 2. The second-order valence-electron chi connectivity index (χ2n) is 7.68. The van der Waals surface area contributed by atoms with Gasteiger partial charge in [0.05, 0.1) is 21.9 Å². The Balaban J connectivity index is 1.60. The summed E-state index contributed by atoms with van der Waals surface area (Å²) in [6.45, 7) is 1.94. The maximum atomic E-state index is 13.9. The van der Waals surface area contributed by atoms with Crippen molar-refractivity contribution in [2.24, 2.45) is 5.92 Å². The largest absolute Gasteiger partial charge is 0.273 e. The van der Waals surface area contributed by atoms with Crippen molar-refractivity contribution in [1.29, 1.82) is 0 Å². The van der Waals surface area contributed by atoms with Gasteiger partial charge in [0, 0.05) is 0 Å². The van der Waals surface area contributed by atoms with Gasteiger partial charge in [-0.3, -0.25) is 14.4 Å². The van der Waals surface area contributed by atoms with Gasteiger partial charge >= 0.3 is 0 Å². The third-order valence-corrected chi connectivity index (χ3v) is 6.31. The van der Waals surface area contributed by atoms with Crippen LogP contribution in [0.2, 0.25) is 0 Å². The highest BCUT2D eigenvalue weighted by atomic mass is 79.9. The minimum atomic E-state index is -0.956. The smallest absolute Gasteiger partial charge is 0.266 e. The molecule has 2 aliphatic heterocycles. The number of anilines is 2. The predicted octanol–water partition coefficient (Wildman–Crippen LogP) is 4.95. The van der Waals surface area contributed by atoms with Gasteiger partial charge < -0.3 is 0 Å². The van der Waals surface area contributed by atoms with Gasteiger partial charge in [0.15, 0.2) is 6.10 Å². The number of rotatable bonds is 3. The highest BCUT2D eigenvalue weighted by molar-refractivity contribution is 9.10. The number of imide groups is 1. The van der Waals surface area contributed by atoms with Crippen molar-refractivity contribution in [3.8, 4) is 0 Å². The van der Waals surface area contributed by atoms with E-state index in [-0.39, 0.29) is 10.4 Å². The Morgan fingerprint density at radius 3 is 2.29 bits per heavy atom. The average Bonchev–Trinajstić information content (AvgIpc) is 3.28. The minimum absolute atomic E-state index is 0.286. The predicted molar refractivity (Wildman–Crippen MR) is 118 cm³/mol. The summed E-state index contributed by atoms with van der Waals surface area (Å²) in [4.78, 5) is 34.0. The van der Waals surface area contributed by atoms with Crippen LogP contribution < -0.4 is 9.96 Å². The first-order chi connectivity index (χ1) is 15.0. The van der Waals surface area contributed by atoms with Crippen molar-refractivity contribution in [2.45, 2.75) is 19.1 Å². The van der Waals surface area contributed by atoms with Crippen LogP contribution in [0.4, 0.5) is 15.8 Å². The van der Waals surface area contributed by atoms with E-state index in [2.05, 4.69) is 15.9 Å². The molecule has 2 saturated heterocycles. The zero-order valence-corrected chi connectivity index (χ0v) is 18.1. The lowest BCUT2D eigenvalue weighted by Crippen LogP contribution is -2.37. The zero-order valence-electron chi connectivity index (χ0n) is 16.5. The molecule has 2 amide bonds. The molecule has 2 aliphatic rings. The Kier molecular flexibility index (Phi) is 4.87. The molecule has 0 spiro atoms. The number of carbonyl (C=O) groups excluding carboxylic acids is 2. The van der Waals surface area contributed by atoms with Gasteiger partial charge in [-0.25, -0.2) is 14.4 Å². The topological polar surface area (TPSA) is 49.9 Å². The third-order valence-electron chi connectivity index (χ3n) is 5.70. The van der Waals surface area contributed by atoms with Crippen LogP contribution in [0.25, 0.3) is 0 Å². The van der Waals surface area contributed by atoms with Crippen LogP contribution in [0.5, 0.6) is 0 Å². The molecule has 0 N–H and O–H groups in total. The number of hydroxylamine groups is 1. The van der Waals surface area contributed by atoms with Crippen LogP contribution in [0, 0.1) is 18.7 Å². The number of benzene rings is 3. The van der Waals surface area contributed by atoms with Crippen molar-refractivity contribution in [3.05, 3.63) is 94.2 Å². The van der Waals surface area contributed by atoms with Crippen LogP contribution in [0.15, 0.2) is 77.3 Å². The molecular weight excluding hydrogens is 463 g/mol. The van der Waals surface area contributed by atoms with E-state index in [1.807, 2.05) is 49.4 Å². The minimum Gasteiger partial charge on any atom is -0.273 e. The SMILES string of the molecule is Cc1ccc(N2C(=O)C3ON(c4ccccc4)C(c4ccc(F)c(Br)c4)C3C2=O)cc1. The Morgan fingerprint density at radius 1 is 0.903 bits per heavy atom. The van der Waals surface area contributed by atoms with Crippen LogP contribution in [0.3, 0.4) is 0 Å². The molecule has 2 fully saturated rings. The van der Waals surface area contributed by atoms with Crippen molar-refractivity contribution in [2.75, 3.05) is 9.96 Å². The molecule has 2 heterocycles. The van der Waals surface area contributed by atoms with Gasteiger partial charge in [0.2, 0.25) is 5.91 Å². The molecule has 31 heavy (non-hydrogen) atoms. The molecule has 7 heteroatoms. The average molecular weight is 481 g/mol. The van der Waals surface area contributed by atoms with Crippen LogP contribution in [0.1, 0.15) is 17.2 Å². The molecule has 3 unspecified atom stereocenters. The van der Waals surface area contributed by atoms with Crippen LogP contribution in [-0.4, -0.2) is 17.9 Å². The molecule has 3 atom stereocenters. The first-order valence-corrected chi connectivity index (χ1v) is 10.7. The molecule has 0 aromatic heterocycles. The number of carbonyl (C=O) groups is 2. The number of aryl methyl sites for hydroxylation is 1. The highest BCUT2D eigenvalue weighted by Gasteiger charge is 2.60. The molecule has 5 rings (SSSR count). The number of halogens is 2. The molecule has 3 aromatic carbocycles. The van der Waals surface area contributed by atoms with Crippen molar-refractivity contribution < 1.29 is 18.8 Å². The van der Waals surface area contributed by atoms with E-state index in [4.69, 9.17) is 4.84 Å². The fourth-order valence-corrected chi connectivity index (χ4v) is 4.59. The standard InChI is InChI=1S/C24H18BrFN2O3/c1-14-7-10-16(11-8-14)27-23(29)20-21(15-9-12-19(26)18(25)13-15)28(31-22(20)24(27)30)17-5-3-2-4-6-17/h2-13,20-22H,1H3. The molecule has 0 radical (unpaired) electrons. The Labute approximate surface area is 187 Å². The van der Waals surface area contributed by atoms with E-state index in [0.717, 1.165) is 5.56 Å². The molecular formula is C24H18BrFN2O3. The molecule has 0 bridgehead atoms. The van der Waals surface area contributed by atoms with Gasteiger partial charge in [-0.1, -0.05) is 42.0 Å². The first-order valence-electron chi connectivity index (χ1n) is 9.86. The number of hydrogen-bond acceptors (Lipinski definition) is 4. The van der Waals surface area contributed by atoms with Gasteiger partial charge in [-0.2, -0.15) is 0 Å². The second-order valence-corrected chi connectivity index (χ2v) is 8.53. The Hall–Kier alpha value is -3.03. The lowest BCUT2D eigenvalue weighted by atomic mass is 9.90. The van der Waals surface area contributed by atoms with E-state index < -0.39 is 29.8 Å². The molecule has 0 aliphatic carbocycles. The van der Waals surface area contributed by atoms with Gasteiger partial charge in [-0.05, 0) is 64.8 Å². The summed E-state index contributed by atoms with van der Waals surface area (Å²) in [5.41, 5.74) is 2.94. The summed E-state index contributed by atoms with van der Waals surface area (Å²) in [5, 5.41) is 1.59. The first kappa shape index (κ1) is 19.9. The summed E-state index contributed by atoms with van der Waals surface area (Å²) in [7, 11) is 0. The highest BCUT2D eigenvalue weighted by Crippen LogP contribution is 2.48. The van der Waals surface area contributed by atoms with E-state index in [1.54, 1.807) is 29.3 Å². The summed E-state index contributed by atoms with van der Waals surface area (Å²) in [5.74, 6) is -1.89. The summed E-state index contributed by atoms with van der Waals surface area (Å²) in [6, 6.07) is 20.5. The number of fused-ring (bicyclic) bond motifs is 1. The molecule has 5 nitrogen and oxygen atoms in total. The van der Waals surface area contributed by atoms with E-state index in [1.165, 1.54) is 11.0 Å². The van der Waals surface area contributed by atoms with Crippen LogP contribution >= 0.6 is 15.9 Å². The fraction of sp³-hybridized carbons (Fsp3) is 0.167. The van der Waals surface area contributed by atoms with Crippen molar-refractivity contribution >= 4 is 39.1 Å². The summed E-state index contributed by atoms with van der Waals surface area (Å²) >= 11 is 3.23. The normalized spacial score (nSPS) is 22.9. The number of nitrogens with zero attached hydrogens (tertiary/aromatic N) is 2. The lowest BCUT2D eigenvalue weighted by Gasteiger charge is -2.29. The second kappa shape index (κ2) is 7.59. The summed E-state index contributed by atoms with van der Waals surface area (Å²) < 4.78 is 14.2. The van der Waals surface area contributed by atoms with Crippen LogP contribution in [-0.2, 0) is 14.4 Å². The lowest BCUT2D eigenvalue weighted by molar-refractivity contribution is -0.126. The maximum Gasteiger partial charge on any atom is 0.266 e. The molecule has 3 aromatic rings. The van der Waals surface area contributed by atoms with E-state index >= 15 is 0 Å². The quantitative estimate of drug-likeness (QED) is 0.497. The zero-order chi connectivity index (χ0) is 21.7. The molecule has 156 valence electrons. The van der Waals surface area contributed by atoms with Gasteiger partial charge in [0.25, 0.3) is 5.91 Å². The van der Waals surface area contributed by atoms with Crippen molar-refractivity contribution in [3.63, 3.8) is 0 Å². The Bertz CT molecular complexity index is 1170. The fourth-order valence-electron chi connectivity index (χ4n) is 4.20. The van der Waals surface area contributed by atoms with Gasteiger partial charge in [-0.15, -0.1) is 0 Å². The monoisotopic (exact) mass is 480 g/mol. The van der Waals surface area contributed by atoms with Gasteiger partial charge in [0.1, 0.15) is 11.7 Å². The molecule has 0 saturated carbocycles. The number of hydrogen-bond donors (Lipinski definition) is 0. The Morgan fingerprint density at radius 2 is 1.61 bits per heavy atom. The maximum absolute atomic E-state index is 13.9. The number of para-hydroxylation sites is 1. The third kappa shape index (κ3) is 3.25. The van der Waals surface area contributed by atoms with E-state index in [0.29, 0.717) is 16.9 Å². The van der Waals surface area contributed by atoms with E-state index in [9.17, 15) is 14.0 Å².